The predicted molar refractivity (Wildman–Crippen MR) is 95.4 cm³/mol. The number of hydrogen-bond acceptors (Lipinski definition) is 2. The first-order chi connectivity index (χ1) is 10.0. The number of halogens is 3. The van der Waals surface area contributed by atoms with E-state index in [9.17, 15) is 0 Å². The molecule has 2 aromatic rings. The molecule has 0 aliphatic carbocycles. The Morgan fingerprint density at radius 3 is 2.57 bits per heavy atom. The zero-order chi connectivity index (χ0) is 15.4. The second-order valence-electron chi connectivity index (χ2n) is 4.67. The third-order valence-electron chi connectivity index (χ3n) is 3.37. The summed E-state index contributed by atoms with van der Waals surface area (Å²) >= 11 is 13.4. The highest BCUT2D eigenvalue weighted by Gasteiger charge is 2.16. The SMILES string of the molecule is CNC(Cc1ccc(Br)cc1Cl)c1cc(OC)ccc1Br. The Morgan fingerprint density at radius 2 is 1.95 bits per heavy atom. The zero-order valence-electron chi connectivity index (χ0n) is 11.8. The molecule has 0 aliphatic heterocycles. The molecule has 2 aromatic carbocycles. The molecule has 2 rings (SSSR count). The zero-order valence-corrected chi connectivity index (χ0v) is 15.7. The summed E-state index contributed by atoms with van der Waals surface area (Å²) in [6, 6.07) is 12.1. The van der Waals surface area contributed by atoms with Crippen LogP contribution in [0.1, 0.15) is 17.2 Å². The number of likely N-dealkylation sites (N-methyl/N-ethyl adjacent to an activating group) is 1. The van der Waals surface area contributed by atoms with Crippen molar-refractivity contribution in [3.63, 3.8) is 0 Å². The van der Waals surface area contributed by atoms with Crippen molar-refractivity contribution in [2.24, 2.45) is 0 Å². The van der Waals surface area contributed by atoms with Crippen LogP contribution in [-0.4, -0.2) is 14.2 Å². The van der Waals surface area contributed by atoms with Crippen LogP contribution in [0.3, 0.4) is 0 Å². The van der Waals surface area contributed by atoms with Crippen LogP contribution in [0.5, 0.6) is 5.75 Å². The molecule has 0 aliphatic rings. The van der Waals surface area contributed by atoms with Crippen molar-refractivity contribution in [2.75, 3.05) is 14.2 Å². The number of ether oxygens (including phenoxy) is 1. The highest BCUT2D eigenvalue weighted by Crippen LogP contribution is 2.31. The lowest BCUT2D eigenvalue weighted by atomic mass is 9.99. The maximum Gasteiger partial charge on any atom is 0.119 e. The number of hydrogen-bond donors (Lipinski definition) is 1. The summed E-state index contributed by atoms with van der Waals surface area (Å²) < 4.78 is 7.35. The van der Waals surface area contributed by atoms with E-state index in [1.54, 1.807) is 7.11 Å². The lowest BCUT2D eigenvalue weighted by Crippen LogP contribution is -2.19. The molecule has 0 saturated carbocycles. The maximum atomic E-state index is 6.32. The van der Waals surface area contributed by atoms with E-state index in [0.717, 1.165) is 37.3 Å². The van der Waals surface area contributed by atoms with E-state index >= 15 is 0 Å². The third kappa shape index (κ3) is 4.22. The molecular formula is C16H16Br2ClNO. The Balaban J connectivity index is 2.31. The Labute approximate surface area is 147 Å². The molecule has 0 saturated heterocycles. The maximum absolute atomic E-state index is 6.32. The Kier molecular flexibility index (Phi) is 6.11. The van der Waals surface area contributed by atoms with E-state index in [-0.39, 0.29) is 6.04 Å². The number of benzene rings is 2. The quantitative estimate of drug-likeness (QED) is 0.684. The van der Waals surface area contributed by atoms with Crippen LogP contribution < -0.4 is 10.1 Å². The second kappa shape index (κ2) is 7.63. The minimum Gasteiger partial charge on any atom is -0.497 e. The van der Waals surface area contributed by atoms with Gasteiger partial charge in [-0.1, -0.05) is 49.5 Å². The lowest BCUT2D eigenvalue weighted by molar-refractivity contribution is 0.413. The lowest BCUT2D eigenvalue weighted by Gasteiger charge is -2.20. The summed E-state index contributed by atoms with van der Waals surface area (Å²) in [5.74, 6) is 0.843. The normalized spacial score (nSPS) is 12.2. The van der Waals surface area contributed by atoms with Gasteiger partial charge >= 0.3 is 0 Å². The topological polar surface area (TPSA) is 21.3 Å². The molecule has 0 amide bonds. The Bertz CT molecular complexity index is 634. The van der Waals surface area contributed by atoms with E-state index in [0.29, 0.717) is 0 Å². The molecule has 0 bridgehead atoms. The van der Waals surface area contributed by atoms with Gasteiger partial charge in [0, 0.05) is 20.0 Å². The fourth-order valence-electron chi connectivity index (χ4n) is 2.19. The van der Waals surface area contributed by atoms with Crippen molar-refractivity contribution in [2.45, 2.75) is 12.5 Å². The number of rotatable bonds is 5. The number of nitrogens with one attached hydrogen (secondary N) is 1. The van der Waals surface area contributed by atoms with Gasteiger partial charge in [-0.15, -0.1) is 0 Å². The molecule has 0 aromatic heterocycles. The Hall–Kier alpha value is -0.550. The third-order valence-corrected chi connectivity index (χ3v) is 4.93. The van der Waals surface area contributed by atoms with Gasteiger partial charge in [0.2, 0.25) is 0 Å². The molecule has 0 spiro atoms. The van der Waals surface area contributed by atoms with Gasteiger partial charge in [0.15, 0.2) is 0 Å². The molecule has 1 N–H and O–H groups in total. The van der Waals surface area contributed by atoms with Crippen LogP contribution in [0, 0.1) is 0 Å². The van der Waals surface area contributed by atoms with E-state index < -0.39 is 0 Å². The molecule has 21 heavy (non-hydrogen) atoms. The monoisotopic (exact) mass is 431 g/mol. The van der Waals surface area contributed by atoms with Gasteiger partial charge in [-0.05, 0) is 54.9 Å². The minimum atomic E-state index is 0.146. The first-order valence-electron chi connectivity index (χ1n) is 6.49. The molecule has 0 fully saturated rings. The van der Waals surface area contributed by atoms with Gasteiger partial charge in [0.25, 0.3) is 0 Å². The summed E-state index contributed by atoms with van der Waals surface area (Å²) in [4.78, 5) is 0. The summed E-state index contributed by atoms with van der Waals surface area (Å²) in [5, 5.41) is 4.11. The van der Waals surface area contributed by atoms with E-state index in [4.69, 9.17) is 16.3 Å². The van der Waals surface area contributed by atoms with Gasteiger partial charge in [-0.2, -0.15) is 0 Å². The molecule has 0 heterocycles. The van der Waals surface area contributed by atoms with Gasteiger partial charge < -0.3 is 10.1 Å². The van der Waals surface area contributed by atoms with Crippen LogP contribution in [-0.2, 0) is 6.42 Å². The summed E-state index contributed by atoms with van der Waals surface area (Å²) in [6.07, 6.45) is 0.800. The van der Waals surface area contributed by atoms with Crippen molar-refractivity contribution in [3.05, 3.63) is 61.5 Å². The standard InChI is InChI=1S/C16H16Br2ClNO/c1-20-16(7-10-3-4-11(17)8-15(10)19)13-9-12(21-2)5-6-14(13)18/h3-6,8-9,16,20H,7H2,1-2H3. The van der Waals surface area contributed by atoms with Crippen molar-refractivity contribution >= 4 is 43.5 Å². The van der Waals surface area contributed by atoms with Crippen LogP contribution in [0.2, 0.25) is 5.02 Å². The average molecular weight is 434 g/mol. The first kappa shape index (κ1) is 16.8. The van der Waals surface area contributed by atoms with Crippen molar-refractivity contribution in [3.8, 4) is 5.75 Å². The fraction of sp³-hybridized carbons (Fsp3) is 0.250. The summed E-state index contributed by atoms with van der Waals surface area (Å²) in [5.41, 5.74) is 2.25. The van der Waals surface area contributed by atoms with Gasteiger partial charge in [-0.25, -0.2) is 0 Å². The molecule has 1 unspecified atom stereocenters. The molecule has 0 radical (unpaired) electrons. The van der Waals surface area contributed by atoms with E-state index in [1.165, 1.54) is 0 Å². The second-order valence-corrected chi connectivity index (χ2v) is 6.85. The molecule has 2 nitrogen and oxygen atoms in total. The van der Waals surface area contributed by atoms with Crippen LogP contribution in [0.4, 0.5) is 0 Å². The van der Waals surface area contributed by atoms with Crippen LogP contribution in [0.15, 0.2) is 45.3 Å². The van der Waals surface area contributed by atoms with E-state index in [2.05, 4.69) is 37.2 Å². The minimum absolute atomic E-state index is 0.146. The highest BCUT2D eigenvalue weighted by atomic mass is 79.9. The van der Waals surface area contributed by atoms with Gasteiger partial charge in [-0.3, -0.25) is 0 Å². The summed E-state index contributed by atoms with van der Waals surface area (Å²) in [6.45, 7) is 0. The molecule has 112 valence electrons. The van der Waals surface area contributed by atoms with Crippen molar-refractivity contribution in [1.29, 1.82) is 0 Å². The summed E-state index contributed by atoms with van der Waals surface area (Å²) in [7, 11) is 3.62. The largest absolute Gasteiger partial charge is 0.497 e. The molecule has 5 heteroatoms. The molecular weight excluding hydrogens is 417 g/mol. The fourth-order valence-corrected chi connectivity index (χ4v) is 3.46. The van der Waals surface area contributed by atoms with Crippen LogP contribution >= 0.6 is 43.5 Å². The van der Waals surface area contributed by atoms with Gasteiger partial charge in [0.05, 0.1) is 7.11 Å². The van der Waals surface area contributed by atoms with Gasteiger partial charge in [0.1, 0.15) is 5.75 Å². The molecule has 1 atom stereocenters. The van der Waals surface area contributed by atoms with Crippen molar-refractivity contribution < 1.29 is 4.74 Å². The first-order valence-corrected chi connectivity index (χ1v) is 8.46. The predicted octanol–water partition coefficient (Wildman–Crippen LogP) is 5.38. The smallest absolute Gasteiger partial charge is 0.119 e. The van der Waals surface area contributed by atoms with E-state index in [1.807, 2.05) is 43.4 Å². The number of methoxy groups -OCH3 is 1. The van der Waals surface area contributed by atoms with Crippen molar-refractivity contribution in [1.82, 2.24) is 5.32 Å². The highest BCUT2D eigenvalue weighted by molar-refractivity contribution is 9.10. The Morgan fingerprint density at radius 1 is 1.19 bits per heavy atom. The van der Waals surface area contributed by atoms with Crippen LogP contribution in [0.25, 0.3) is 0 Å². The average Bonchev–Trinajstić information content (AvgIpc) is 2.47.